The Labute approximate surface area is 105 Å². The topological polar surface area (TPSA) is 77.0 Å². The van der Waals surface area contributed by atoms with Crippen LogP contribution >= 0.6 is 0 Å². The van der Waals surface area contributed by atoms with E-state index in [1.165, 1.54) is 19.3 Å². The van der Waals surface area contributed by atoms with E-state index in [4.69, 9.17) is 9.05 Å². The molecule has 0 saturated carbocycles. The van der Waals surface area contributed by atoms with E-state index in [0.29, 0.717) is 11.7 Å². The summed E-state index contributed by atoms with van der Waals surface area (Å²) >= 11 is 0. The minimum atomic E-state index is 0.199. The second kappa shape index (κ2) is 4.89. The Balaban J connectivity index is 1.82. The van der Waals surface area contributed by atoms with Gasteiger partial charge >= 0.3 is 0 Å². The Bertz CT molecular complexity index is 512. The summed E-state index contributed by atoms with van der Waals surface area (Å²) in [6, 6.07) is 0.199. The van der Waals surface area contributed by atoms with Gasteiger partial charge in [0.25, 0.3) is 5.89 Å². The monoisotopic (exact) mass is 248 g/mol. The van der Waals surface area contributed by atoms with Crippen LogP contribution in [0.1, 0.15) is 43.3 Å². The first-order chi connectivity index (χ1) is 8.84. The molecule has 3 heterocycles. The average molecular weight is 248 g/mol. The van der Waals surface area contributed by atoms with Crippen molar-refractivity contribution in [1.82, 2.24) is 20.6 Å². The molecule has 6 nitrogen and oxygen atoms in total. The third-order valence-electron chi connectivity index (χ3n) is 3.29. The Hall–Kier alpha value is -1.69. The number of hydrogen-bond acceptors (Lipinski definition) is 6. The van der Waals surface area contributed by atoms with E-state index >= 15 is 0 Å². The number of aromatic nitrogens is 3. The Morgan fingerprint density at radius 1 is 1.28 bits per heavy atom. The van der Waals surface area contributed by atoms with Crippen LogP contribution in [-0.4, -0.2) is 21.8 Å². The highest BCUT2D eigenvalue weighted by Gasteiger charge is 2.21. The van der Waals surface area contributed by atoms with Crippen molar-refractivity contribution in [1.29, 1.82) is 0 Å². The highest BCUT2D eigenvalue weighted by atomic mass is 16.5. The number of aryl methyl sites for hydroxylation is 1. The lowest BCUT2D eigenvalue weighted by molar-refractivity contribution is 0.392. The van der Waals surface area contributed by atoms with Crippen molar-refractivity contribution in [3.63, 3.8) is 0 Å². The lowest BCUT2D eigenvalue weighted by Crippen LogP contribution is -2.21. The number of hydrogen-bond donors (Lipinski definition) is 1. The van der Waals surface area contributed by atoms with Gasteiger partial charge in [0.05, 0.1) is 12.2 Å². The van der Waals surface area contributed by atoms with Crippen molar-refractivity contribution >= 4 is 0 Å². The van der Waals surface area contributed by atoms with Crippen LogP contribution < -0.4 is 5.32 Å². The predicted molar refractivity (Wildman–Crippen MR) is 63.7 cm³/mol. The highest BCUT2D eigenvalue weighted by molar-refractivity contribution is 5.53. The molecule has 0 aromatic carbocycles. The summed E-state index contributed by atoms with van der Waals surface area (Å²) in [6.45, 7) is 2.84. The standard InChI is InChI=1S/C12H16N4O2/c1-8-9(7-14-17-8)12-15-11(16-18-12)10-5-3-2-4-6-13-10/h7,10,13H,2-6H2,1H3. The molecule has 1 saturated heterocycles. The molecule has 2 aromatic heterocycles. The van der Waals surface area contributed by atoms with Crippen molar-refractivity contribution in [3.05, 3.63) is 17.8 Å². The Morgan fingerprint density at radius 3 is 3.06 bits per heavy atom. The maximum atomic E-state index is 5.28. The van der Waals surface area contributed by atoms with Crippen LogP contribution in [0.3, 0.4) is 0 Å². The van der Waals surface area contributed by atoms with Crippen molar-refractivity contribution in [2.45, 2.75) is 38.6 Å². The van der Waals surface area contributed by atoms with Crippen LogP contribution in [0.5, 0.6) is 0 Å². The molecule has 3 rings (SSSR count). The van der Waals surface area contributed by atoms with E-state index in [-0.39, 0.29) is 6.04 Å². The minimum absolute atomic E-state index is 0.199. The molecule has 96 valence electrons. The fraction of sp³-hybridized carbons (Fsp3) is 0.583. The largest absolute Gasteiger partial charge is 0.361 e. The highest BCUT2D eigenvalue weighted by Crippen LogP contribution is 2.25. The molecule has 0 spiro atoms. The molecule has 2 aromatic rings. The van der Waals surface area contributed by atoms with Gasteiger partial charge in [-0.15, -0.1) is 0 Å². The first-order valence-corrected chi connectivity index (χ1v) is 6.33. The van der Waals surface area contributed by atoms with Gasteiger partial charge in [0.2, 0.25) is 0 Å². The number of nitrogens with zero attached hydrogens (tertiary/aromatic N) is 3. The maximum absolute atomic E-state index is 5.28. The Morgan fingerprint density at radius 2 is 2.22 bits per heavy atom. The Kier molecular flexibility index (Phi) is 3.10. The van der Waals surface area contributed by atoms with E-state index < -0.39 is 0 Å². The number of rotatable bonds is 2. The zero-order valence-electron chi connectivity index (χ0n) is 10.3. The summed E-state index contributed by atoms with van der Waals surface area (Å²) < 4.78 is 10.3. The van der Waals surface area contributed by atoms with Gasteiger partial charge in [0.1, 0.15) is 11.3 Å². The SMILES string of the molecule is Cc1oncc1-c1nc(C2CCCCCN2)no1. The molecule has 1 aliphatic heterocycles. The molecule has 1 unspecified atom stereocenters. The molecule has 0 bridgehead atoms. The molecule has 1 aliphatic rings. The van der Waals surface area contributed by atoms with Gasteiger partial charge in [-0.25, -0.2) is 0 Å². The fourth-order valence-corrected chi connectivity index (χ4v) is 2.24. The molecule has 1 fully saturated rings. The lowest BCUT2D eigenvalue weighted by atomic mass is 10.1. The number of nitrogens with one attached hydrogen (secondary N) is 1. The van der Waals surface area contributed by atoms with Crippen LogP contribution in [0, 0.1) is 6.92 Å². The van der Waals surface area contributed by atoms with Crippen molar-refractivity contribution < 1.29 is 9.05 Å². The maximum Gasteiger partial charge on any atom is 0.263 e. The van der Waals surface area contributed by atoms with Crippen LogP contribution in [0.25, 0.3) is 11.5 Å². The van der Waals surface area contributed by atoms with Gasteiger partial charge in [0.15, 0.2) is 5.82 Å². The summed E-state index contributed by atoms with van der Waals surface area (Å²) in [5.74, 6) is 1.90. The van der Waals surface area contributed by atoms with Gasteiger partial charge in [-0.05, 0) is 26.3 Å². The molecule has 1 N–H and O–H groups in total. The smallest absolute Gasteiger partial charge is 0.263 e. The van der Waals surface area contributed by atoms with Gasteiger partial charge in [0, 0.05) is 0 Å². The zero-order valence-corrected chi connectivity index (χ0v) is 10.3. The van der Waals surface area contributed by atoms with Crippen LogP contribution in [-0.2, 0) is 0 Å². The first kappa shape index (κ1) is 11.4. The van der Waals surface area contributed by atoms with E-state index in [1.807, 2.05) is 6.92 Å². The normalized spacial score (nSPS) is 20.8. The summed E-state index contributed by atoms with van der Waals surface area (Å²) in [6.07, 6.45) is 6.34. The molecule has 0 amide bonds. The third-order valence-corrected chi connectivity index (χ3v) is 3.29. The van der Waals surface area contributed by atoms with Crippen molar-refractivity contribution in [2.75, 3.05) is 6.54 Å². The van der Waals surface area contributed by atoms with E-state index in [2.05, 4.69) is 20.6 Å². The van der Waals surface area contributed by atoms with Gasteiger partial charge in [-0.2, -0.15) is 4.98 Å². The molecule has 18 heavy (non-hydrogen) atoms. The van der Waals surface area contributed by atoms with Crippen LogP contribution in [0.15, 0.2) is 15.2 Å². The average Bonchev–Trinajstić information content (AvgIpc) is 2.91. The molecule has 6 heteroatoms. The van der Waals surface area contributed by atoms with Gasteiger partial charge < -0.3 is 14.4 Å². The van der Waals surface area contributed by atoms with Gasteiger partial charge in [-0.3, -0.25) is 0 Å². The third kappa shape index (κ3) is 2.15. The lowest BCUT2D eigenvalue weighted by Gasteiger charge is -2.09. The summed E-state index contributed by atoms with van der Waals surface area (Å²) in [5.41, 5.74) is 0.766. The predicted octanol–water partition coefficient (Wildman–Crippen LogP) is 2.24. The fourth-order valence-electron chi connectivity index (χ4n) is 2.24. The van der Waals surface area contributed by atoms with Crippen molar-refractivity contribution in [2.24, 2.45) is 0 Å². The van der Waals surface area contributed by atoms with Crippen molar-refractivity contribution in [3.8, 4) is 11.5 Å². The second-order valence-corrected chi connectivity index (χ2v) is 4.61. The summed E-state index contributed by atoms with van der Waals surface area (Å²) in [5, 5.41) is 11.2. The van der Waals surface area contributed by atoms with E-state index in [1.54, 1.807) is 6.20 Å². The molecule has 0 radical (unpaired) electrons. The van der Waals surface area contributed by atoms with E-state index in [0.717, 1.165) is 24.4 Å². The second-order valence-electron chi connectivity index (χ2n) is 4.61. The quantitative estimate of drug-likeness (QED) is 0.878. The van der Waals surface area contributed by atoms with Crippen LogP contribution in [0.4, 0.5) is 0 Å². The summed E-state index contributed by atoms with van der Waals surface area (Å²) in [7, 11) is 0. The van der Waals surface area contributed by atoms with Crippen LogP contribution in [0.2, 0.25) is 0 Å². The van der Waals surface area contributed by atoms with Gasteiger partial charge in [-0.1, -0.05) is 23.2 Å². The minimum Gasteiger partial charge on any atom is -0.361 e. The van der Waals surface area contributed by atoms with E-state index in [9.17, 15) is 0 Å². The molecule has 0 aliphatic carbocycles. The zero-order chi connectivity index (χ0) is 12.4. The molecule has 1 atom stereocenters. The molecular weight excluding hydrogens is 232 g/mol. The summed E-state index contributed by atoms with van der Waals surface area (Å²) in [4.78, 5) is 4.44. The first-order valence-electron chi connectivity index (χ1n) is 6.33. The molecular formula is C12H16N4O2.